The molecule has 1 aliphatic rings. The number of pyridine rings is 1. The van der Waals surface area contributed by atoms with Crippen molar-refractivity contribution in [2.75, 3.05) is 0 Å². The van der Waals surface area contributed by atoms with Crippen LogP contribution in [0.4, 0.5) is 0 Å². The van der Waals surface area contributed by atoms with Crippen LogP contribution in [0.1, 0.15) is 50.7 Å². The van der Waals surface area contributed by atoms with E-state index in [4.69, 9.17) is 2.74 Å². The summed E-state index contributed by atoms with van der Waals surface area (Å²) in [5.41, 5.74) is 6.85. The van der Waals surface area contributed by atoms with Gasteiger partial charge in [-0.3, -0.25) is 4.98 Å². The highest BCUT2D eigenvalue weighted by atomic mass is 14.7. The Balaban J connectivity index is 1.90. The van der Waals surface area contributed by atoms with Gasteiger partial charge in [0.15, 0.2) is 0 Å². The van der Waals surface area contributed by atoms with E-state index in [1.807, 2.05) is 0 Å². The van der Waals surface area contributed by atoms with Gasteiger partial charge in [0, 0.05) is 17.1 Å². The van der Waals surface area contributed by atoms with Crippen molar-refractivity contribution in [2.45, 2.75) is 52.9 Å². The van der Waals surface area contributed by atoms with Crippen molar-refractivity contribution in [1.29, 1.82) is 0 Å². The molecule has 0 saturated heterocycles. The minimum absolute atomic E-state index is 0.0623. The summed E-state index contributed by atoms with van der Waals surface area (Å²) in [5, 5.41) is 1.86. The van der Waals surface area contributed by atoms with E-state index in [0.717, 1.165) is 34.4 Å². The van der Waals surface area contributed by atoms with Gasteiger partial charge in [-0.2, -0.15) is 0 Å². The molecular formula is C24H27N. The second kappa shape index (κ2) is 6.63. The molecule has 2 aromatic carbocycles. The zero-order valence-corrected chi connectivity index (χ0v) is 15.4. The van der Waals surface area contributed by atoms with Crippen LogP contribution < -0.4 is 0 Å². The maximum atomic E-state index is 8.43. The maximum absolute atomic E-state index is 8.43. The fourth-order valence-electron chi connectivity index (χ4n) is 4.33. The normalized spacial score (nSPS) is 16.3. The molecule has 1 aromatic heterocycles. The molecule has 0 bridgehead atoms. The predicted octanol–water partition coefficient (Wildman–Crippen LogP) is 6.56. The second-order valence-corrected chi connectivity index (χ2v) is 7.75. The highest BCUT2D eigenvalue weighted by Gasteiger charge is 2.17. The van der Waals surface area contributed by atoms with Gasteiger partial charge in [0.1, 0.15) is 0 Å². The van der Waals surface area contributed by atoms with Gasteiger partial charge >= 0.3 is 0 Å². The molecule has 25 heavy (non-hydrogen) atoms. The molecular weight excluding hydrogens is 302 g/mol. The zero-order valence-electron chi connectivity index (χ0n) is 17.4. The number of benzene rings is 2. The molecule has 4 rings (SSSR count). The lowest BCUT2D eigenvalue weighted by atomic mass is 9.91. The van der Waals surface area contributed by atoms with E-state index in [2.05, 4.69) is 56.1 Å². The summed E-state index contributed by atoms with van der Waals surface area (Å²) < 4.78 is 16.7. The van der Waals surface area contributed by atoms with Crippen LogP contribution in [0.5, 0.6) is 0 Å². The minimum atomic E-state index is 0.0623. The molecule has 1 aliphatic carbocycles. The van der Waals surface area contributed by atoms with Crippen molar-refractivity contribution >= 4 is 10.8 Å². The second-order valence-electron chi connectivity index (χ2n) is 7.75. The van der Waals surface area contributed by atoms with Crippen molar-refractivity contribution < 1.29 is 2.74 Å². The molecule has 0 unspecified atom stereocenters. The fourth-order valence-corrected chi connectivity index (χ4v) is 4.33. The van der Waals surface area contributed by atoms with E-state index < -0.39 is 0 Å². The molecule has 0 N–H and O–H groups in total. The highest BCUT2D eigenvalue weighted by molar-refractivity contribution is 5.95. The molecule has 1 nitrogen and oxygen atoms in total. The fraction of sp³-hybridized carbons (Fsp3) is 0.375. The number of rotatable bonds is 3. The Kier molecular flexibility index (Phi) is 3.73. The lowest BCUT2D eigenvalue weighted by Gasteiger charge is -2.15. The third-order valence-electron chi connectivity index (χ3n) is 5.57. The van der Waals surface area contributed by atoms with Gasteiger partial charge in [-0.25, -0.2) is 0 Å². The summed E-state index contributed by atoms with van der Waals surface area (Å²) in [6.45, 7) is 6.35. The Labute approximate surface area is 153 Å². The average molecular weight is 331 g/mol. The molecule has 1 heterocycles. The Hall–Kier alpha value is -2.15. The molecule has 1 fully saturated rings. The lowest BCUT2D eigenvalue weighted by molar-refractivity contribution is 0.545. The van der Waals surface area contributed by atoms with Gasteiger partial charge in [0.2, 0.25) is 0 Å². The largest absolute Gasteiger partial charge is 0.256 e. The van der Waals surface area contributed by atoms with Crippen LogP contribution in [-0.4, -0.2) is 4.98 Å². The van der Waals surface area contributed by atoms with E-state index in [1.165, 1.54) is 47.9 Å². The van der Waals surface area contributed by atoms with Crippen LogP contribution in [0.3, 0.4) is 0 Å². The first-order chi connectivity index (χ1) is 12.9. The van der Waals surface area contributed by atoms with E-state index in [9.17, 15) is 0 Å². The summed E-state index contributed by atoms with van der Waals surface area (Å²) in [5.74, 6) is 0.770. The summed E-state index contributed by atoms with van der Waals surface area (Å²) in [6, 6.07) is 11.0. The lowest BCUT2D eigenvalue weighted by Crippen LogP contribution is -2.01. The van der Waals surface area contributed by atoms with Crippen molar-refractivity contribution in [3.63, 3.8) is 0 Å². The van der Waals surface area contributed by atoms with Gasteiger partial charge in [-0.15, -0.1) is 0 Å². The van der Waals surface area contributed by atoms with Gasteiger partial charge in [0.25, 0.3) is 0 Å². The number of nitrogens with zero attached hydrogens (tertiary/aromatic N) is 1. The van der Waals surface area contributed by atoms with Crippen LogP contribution >= 0.6 is 0 Å². The third kappa shape index (κ3) is 3.33. The molecule has 1 heteroatoms. The molecule has 0 amide bonds. The van der Waals surface area contributed by atoms with Crippen LogP contribution in [0.15, 0.2) is 42.5 Å². The van der Waals surface area contributed by atoms with E-state index in [0.29, 0.717) is 0 Å². The monoisotopic (exact) mass is 331 g/mol. The molecule has 0 atom stereocenters. The van der Waals surface area contributed by atoms with Gasteiger partial charge < -0.3 is 0 Å². The maximum Gasteiger partial charge on any atom is 0.0840 e. The molecule has 128 valence electrons. The molecule has 0 spiro atoms. The average Bonchev–Trinajstić information content (AvgIpc) is 3.11. The molecule has 0 radical (unpaired) electrons. The quantitative estimate of drug-likeness (QED) is 0.529. The summed E-state index contributed by atoms with van der Waals surface area (Å²) in [4.78, 5) is 4.51. The number of aromatic nitrogens is 1. The standard InChI is InChI=1S/C24H27N/c1-16-10-17(2)12-22(11-16)24-23-13-18(3)21(14-19-6-4-5-7-19)15-20(23)8-9-25-24/h8-13,15,19H,4-7,14H2,1-3H3/i8D,9D. The van der Waals surface area contributed by atoms with Crippen LogP contribution in [0, 0.1) is 26.7 Å². The number of hydrogen-bond donors (Lipinski definition) is 0. The Bertz CT molecular complexity index is 997. The van der Waals surface area contributed by atoms with Gasteiger partial charge in [-0.05, 0) is 73.9 Å². The number of fused-ring (bicyclic) bond motifs is 1. The first-order valence-electron chi connectivity index (χ1n) is 10.4. The topological polar surface area (TPSA) is 12.9 Å². The first-order valence-corrected chi connectivity index (χ1v) is 9.41. The van der Waals surface area contributed by atoms with Crippen molar-refractivity contribution in [2.24, 2.45) is 5.92 Å². The van der Waals surface area contributed by atoms with E-state index >= 15 is 0 Å². The summed E-state index contributed by atoms with van der Waals surface area (Å²) in [7, 11) is 0. The van der Waals surface area contributed by atoms with Crippen molar-refractivity contribution in [3.05, 3.63) is 64.8 Å². The Morgan fingerprint density at radius 2 is 1.72 bits per heavy atom. The minimum Gasteiger partial charge on any atom is -0.256 e. The molecule has 0 aliphatic heterocycles. The Morgan fingerprint density at radius 1 is 1.00 bits per heavy atom. The number of aryl methyl sites for hydroxylation is 3. The zero-order chi connectivity index (χ0) is 19.1. The van der Waals surface area contributed by atoms with Crippen molar-refractivity contribution in [3.8, 4) is 11.3 Å². The summed E-state index contributed by atoms with van der Waals surface area (Å²) >= 11 is 0. The van der Waals surface area contributed by atoms with Crippen LogP contribution in [-0.2, 0) is 6.42 Å². The highest BCUT2D eigenvalue weighted by Crippen LogP contribution is 2.33. The SMILES string of the molecule is [2H]c1nc(-c2cc(C)cc(C)c2)c2cc(C)c(CC3CCCC3)cc2c1[2H]. The summed E-state index contributed by atoms with van der Waals surface area (Å²) in [6.07, 6.45) is 6.48. The smallest absolute Gasteiger partial charge is 0.0840 e. The number of hydrogen-bond acceptors (Lipinski definition) is 1. The van der Waals surface area contributed by atoms with Crippen LogP contribution in [0.25, 0.3) is 22.0 Å². The third-order valence-corrected chi connectivity index (χ3v) is 5.57. The van der Waals surface area contributed by atoms with E-state index in [1.54, 1.807) is 0 Å². The van der Waals surface area contributed by atoms with Gasteiger partial charge in [-0.1, -0.05) is 48.9 Å². The predicted molar refractivity (Wildman–Crippen MR) is 107 cm³/mol. The molecule has 3 aromatic rings. The van der Waals surface area contributed by atoms with Crippen molar-refractivity contribution in [1.82, 2.24) is 4.98 Å². The van der Waals surface area contributed by atoms with Crippen LogP contribution in [0.2, 0.25) is 0 Å². The van der Waals surface area contributed by atoms with Gasteiger partial charge in [0.05, 0.1) is 8.44 Å². The molecule has 1 saturated carbocycles. The van der Waals surface area contributed by atoms with E-state index in [-0.39, 0.29) is 12.2 Å². The first kappa shape index (κ1) is 14.1. The Morgan fingerprint density at radius 3 is 2.44 bits per heavy atom.